The van der Waals surface area contributed by atoms with Crippen LogP contribution in [-0.2, 0) is 0 Å². The van der Waals surface area contributed by atoms with E-state index in [1.54, 1.807) is 6.08 Å². The summed E-state index contributed by atoms with van der Waals surface area (Å²) >= 11 is 3.26. The van der Waals surface area contributed by atoms with Gasteiger partial charge in [0.15, 0.2) is 0 Å². The average molecular weight is 299 g/mol. The summed E-state index contributed by atoms with van der Waals surface area (Å²) in [5, 5.41) is 11.5. The van der Waals surface area contributed by atoms with E-state index in [9.17, 15) is 14.9 Å². The molecule has 0 bridgehead atoms. The molecule has 0 aliphatic rings. The Balaban J connectivity index is 3.12. The fraction of sp³-hybridized carbons (Fsp3) is 0.182. The van der Waals surface area contributed by atoms with Crippen LogP contribution in [0.2, 0.25) is 0 Å². The molecule has 0 saturated carbocycles. The van der Waals surface area contributed by atoms with E-state index in [2.05, 4.69) is 15.9 Å². The lowest BCUT2D eigenvalue weighted by Gasteiger charge is -1.99. The molecule has 90 valence electrons. The molecule has 0 aromatic heterocycles. The number of alkyl halides is 1. The second-order valence-electron chi connectivity index (χ2n) is 3.31. The maximum Gasteiger partial charge on any atom is 0.270 e. The van der Waals surface area contributed by atoms with Crippen molar-refractivity contribution in [2.75, 3.05) is 5.33 Å². The molecule has 17 heavy (non-hydrogen) atoms. The zero-order valence-electron chi connectivity index (χ0n) is 8.93. The van der Waals surface area contributed by atoms with Crippen molar-refractivity contribution < 1.29 is 9.72 Å². The molecule has 0 aliphatic carbocycles. The Morgan fingerprint density at radius 1 is 1.47 bits per heavy atom. The topological polar surface area (TPSA) is 86.2 Å². The molecular formula is C11H11BrN2O3. The van der Waals surface area contributed by atoms with Gasteiger partial charge in [-0.15, -0.1) is 0 Å². The van der Waals surface area contributed by atoms with Crippen LogP contribution >= 0.6 is 15.9 Å². The summed E-state index contributed by atoms with van der Waals surface area (Å²) in [6, 6.07) is 4.10. The van der Waals surface area contributed by atoms with E-state index in [-0.39, 0.29) is 11.3 Å². The number of nitrogens with two attached hydrogens (primary N) is 1. The van der Waals surface area contributed by atoms with Crippen LogP contribution in [0.5, 0.6) is 0 Å². The van der Waals surface area contributed by atoms with Gasteiger partial charge in [-0.3, -0.25) is 14.9 Å². The van der Waals surface area contributed by atoms with Crippen molar-refractivity contribution in [3.05, 3.63) is 45.5 Å². The lowest BCUT2D eigenvalue weighted by molar-refractivity contribution is -0.384. The van der Waals surface area contributed by atoms with Gasteiger partial charge >= 0.3 is 0 Å². The number of amides is 1. The van der Waals surface area contributed by atoms with E-state index in [1.165, 1.54) is 18.2 Å². The normalized spacial score (nSPS) is 10.6. The van der Waals surface area contributed by atoms with Gasteiger partial charge < -0.3 is 5.73 Å². The number of halogens is 1. The van der Waals surface area contributed by atoms with Crippen LogP contribution in [0.15, 0.2) is 24.3 Å². The van der Waals surface area contributed by atoms with Crippen LogP contribution in [0.4, 0.5) is 5.69 Å². The molecule has 0 unspecified atom stereocenters. The molecule has 6 heteroatoms. The number of non-ortho nitro benzene ring substituents is 1. The van der Waals surface area contributed by atoms with Crippen molar-refractivity contribution in [1.82, 2.24) is 0 Å². The quantitative estimate of drug-likeness (QED) is 0.515. The lowest BCUT2D eigenvalue weighted by Crippen LogP contribution is -2.11. The predicted octanol–water partition coefficient (Wildman–Crippen LogP) is 2.49. The highest BCUT2D eigenvalue weighted by molar-refractivity contribution is 9.09. The number of rotatable bonds is 5. The molecule has 1 aromatic rings. The van der Waals surface area contributed by atoms with Crippen LogP contribution in [0.1, 0.15) is 22.3 Å². The molecular weight excluding hydrogens is 288 g/mol. The number of carbonyl (C=O) groups is 1. The molecule has 0 aliphatic heterocycles. The Kier molecular flexibility index (Phi) is 4.84. The van der Waals surface area contributed by atoms with Gasteiger partial charge in [-0.1, -0.05) is 28.1 Å². The number of nitro groups is 1. The number of hydrogen-bond donors (Lipinski definition) is 1. The molecule has 0 atom stereocenters. The standard InChI is InChI=1S/C11H11BrN2O3/c12-4-2-1-3-8-5-9(11(13)15)7-10(6-8)14(16)17/h1,3,5-7H,2,4H2,(H2,13,15). The van der Waals surface area contributed by atoms with Crippen LogP contribution in [0.3, 0.4) is 0 Å². The lowest BCUT2D eigenvalue weighted by atomic mass is 10.1. The first-order valence-corrected chi connectivity index (χ1v) is 5.98. The summed E-state index contributed by atoms with van der Waals surface area (Å²) < 4.78 is 0. The van der Waals surface area contributed by atoms with Gasteiger partial charge in [0, 0.05) is 23.0 Å². The predicted molar refractivity (Wildman–Crippen MR) is 69.1 cm³/mol. The Morgan fingerprint density at radius 3 is 2.71 bits per heavy atom. The Labute approximate surface area is 107 Å². The molecule has 0 radical (unpaired) electrons. The molecule has 1 aromatic carbocycles. The minimum atomic E-state index is -0.677. The molecule has 2 N–H and O–H groups in total. The fourth-order valence-corrected chi connectivity index (χ4v) is 1.53. The first-order valence-electron chi connectivity index (χ1n) is 4.86. The highest BCUT2D eigenvalue weighted by atomic mass is 79.9. The number of nitrogens with zero attached hydrogens (tertiary/aromatic N) is 1. The van der Waals surface area contributed by atoms with E-state index in [0.717, 1.165) is 11.8 Å². The molecule has 0 fully saturated rings. The largest absolute Gasteiger partial charge is 0.366 e. The third kappa shape index (κ3) is 3.99. The highest BCUT2D eigenvalue weighted by Gasteiger charge is 2.11. The van der Waals surface area contributed by atoms with Gasteiger partial charge in [0.05, 0.1) is 4.92 Å². The van der Waals surface area contributed by atoms with Crippen molar-refractivity contribution in [2.45, 2.75) is 6.42 Å². The smallest absolute Gasteiger partial charge is 0.270 e. The SMILES string of the molecule is NC(=O)c1cc(C=CCCBr)cc([N+](=O)[O-])c1. The molecule has 0 heterocycles. The van der Waals surface area contributed by atoms with Crippen LogP contribution in [0.25, 0.3) is 6.08 Å². The summed E-state index contributed by atoms with van der Waals surface area (Å²) in [6.07, 6.45) is 4.38. The Hall–Kier alpha value is -1.69. The van der Waals surface area contributed by atoms with Crippen molar-refractivity contribution in [3.63, 3.8) is 0 Å². The minimum Gasteiger partial charge on any atom is -0.366 e. The third-order valence-corrected chi connectivity index (χ3v) is 2.48. The number of nitro benzene ring substituents is 1. The zero-order valence-corrected chi connectivity index (χ0v) is 10.5. The number of hydrogen-bond acceptors (Lipinski definition) is 3. The average Bonchev–Trinajstić information content (AvgIpc) is 2.29. The van der Waals surface area contributed by atoms with Gasteiger partial charge in [-0.25, -0.2) is 0 Å². The van der Waals surface area contributed by atoms with Crippen molar-refractivity contribution >= 4 is 33.6 Å². The number of allylic oxidation sites excluding steroid dienone is 1. The number of carbonyl (C=O) groups excluding carboxylic acids is 1. The van der Waals surface area contributed by atoms with Crippen LogP contribution in [0, 0.1) is 10.1 Å². The van der Waals surface area contributed by atoms with E-state index >= 15 is 0 Å². The fourth-order valence-electron chi connectivity index (χ4n) is 1.26. The van der Waals surface area contributed by atoms with E-state index in [0.29, 0.717) is 5.56 Å². The van der Waals surface area contributed by atoms with Gasteiger partial charge in [0.25, 0.3) is 5.69 Å². The summed E-state index contributed by atoms with van der Waals surface area (Å²) in [5.41, 5.74) is 5.70. The van der Waals surface area contributed by atoms with Gasteiger partial charge in [-0.2, -0.15) is 0 Å². The summed E-state index contributed by atoms with van der Waals surface area (Å²) in [4.78, 5) is 21.2. The Morgan fingerprint density at radius 2 is 2.18 bits per heavy atom. The maximum atomic E-state index is 11.0. The van der Waals surface area contributed by atoms with Gasteiger partial charge in [0.1, 0.15) is 0 Å². The number of primary amides is 1. The molecule has 1 amide bonds. The second kappa shape index (κ2) is 6.15. The summed E-state index contributed by atoms with van der Waals surface area (Å²) in [7, 11) is 0. The maximum absolute atomic E-state index is 11.0. The van der Waals surface area contributed by atoms with Gasteiger partial charge in [-0.05, 0) is 18.1 Å². The zero-order chi connectivity index (χ0) is 12.8. The summed E-state index contributed by atoms with van der Waals surface area (Å²) in [5.74, 6) is -0.677. The highest BCUT2D eigenvalue weighted by Crippen LogP contribution is 2.18. The van der Waals surface area contributed by atoms with Crippen molar-refractivity contribution in [3.8, 4) is 0 Å². The molecule has 1 rings (SSSR count). The molecule has 5 nitrogen and oxygen atoms in total. The van der Waals surface area contributed by atoms with Crippen molar-refractivity contribution in [2.24, 2.45) is 5.73 Å². The van der Waals surface area contributed by atoms with E-state index in [4.69, 9.17) is 5.73 Å². The molecule has 0 saturated heterocycles. The van der Waals surface area contributed by atoms with Crippen LogP contribution < -0.4 is 5.73 Å². The summed E-state index contributed by atoms with van der Waals surface area (Å²) in [6.45, 7) is 0. The van der Waals surface area contributed by atoms with E-state index < -0.39 is 10.8 Å². The first-order chi connectivity index (χ1) is 8.04. The molecule has 0 spiro atoms. The van der Waals surface area contributed by atoms with Gasteiger partial charge in [0.2, 0.25) is 5.91 Å². The Bertz CT molecular complexity index is 440. The minimum absolute atomic E-state index is 0.137. The monoisotopic (exact) mass is 298 g/mol. The first kappa shape index (κ1) is 13.4. The van der Waals surface area contributed by atoms with Crippen molar-refractivity contribution in [1.29, 1.82) is 0 Å². The third-order valence-electron chi connectivity index (χ3n) is 2.02. The number of benzene rings is 1. The van der Waals surface area contributed by atoms with E-state index in [1.807, 2.05) is 6.08 Å². The second-order valence-corrected chi connectivity index (χ2v) is 4.11. The van der Waals surface area contributed by atoms with Crippen LogP contribution in [-0.4, -0.2) is 16.2 Å².